The number of likely N-dealkylation sites (tertiary alicyclic amines) is 2. The molecule has 2 aromatic carbocycles. The highest BCUT2D eigenvalue weighted by molar-refractivity contribution is 5.78. The maximum Gasteiger partial charge on any atom is 0.236 e. The molecule has 2 fully saturated rings. The van der Waals surface area contributed by atoms with Crippen LogP contribution in [0.25, 0.3) is 0 Å². The van der Waals surface area contributed by atoms with Crippen molar-refractivity contribution in [2.24, 2.45) is 17.1 Å². The van der Waals surface area contributed by atoms with E-state index in [4.69, 9.17) is 10.5 Å². The van der Waals surface area contributed by atoms with Crippen molar-refractivity contribution in [3.05, 3.63) is 65.7 Å². The van der Waals surface area contributed by atoms with Crippen molar-refractivity contribution in [1.82, 2.24) is 9.80 Å². The monoisotopic (exact) mass is 393 g/mol. The number of fused-ring (bicyclic) bond motifs is 1. The first-order chi connectivity index (χ1) is 14.1. The van der Waals surface area contributed by atoms with Crippen molar-refractivity contribution in [2.75, 3.05) is 39.8 Å². The minimum Gasteiger partial charge on any atom is -0.497 e. The zero-order valence-corrected chi connectivity index (χ0v) is 17.2. The van der Waals surface area contributed by atoms with Gasteiger partial charge in [-0.1, -0.05) is 42.5 Å². The molecule has 5 nitrogen and oxygen atoms in total. The van der Waals surface area contributed by atoms with E-state index in [1.54, 1.807) is 7.11 Å². The maximum absolute atomic E-state index is 12.3. The molecule has 154 valence electrons. The normalized spacial score (nSPS) is 23.9. The lowest BCUT2D eigenvalue weighted by molar-refractivity contribution is -0.129. The summed E-state index contributed by atoms with van der Waals surface area (Å²) in [7, 11) is 1.71. The van der Waals surface area contributed by atoms with E-state index in [1.165, 1.54) is 11.1 Å². The third-order valence-electron chi connectivity index (χ3n) is 6.65. The molecular weight excluding hydrogens is 362 g/mol. The van der Waals surface area contributed by atoms with Crippen LogP contribution in [0.15, 0.2) is 54.6 Å². The molecule has 2 heterocycles. The third kappa shape index (κ3) is 4.31. The number of nitrogens with two attached hydrogens (primary N) is 1. The summed E-state index contributed by atoms with van der Waals surface area (Å²) in [5.41, 5.74) is 8.45. The molecule has 2 aliphatic heterocycles. The lowest BCUT2D eigenvalue weighted by Gasteiger charge is -2.30. The highest BCUT2D eigenvalue weighted by Crippen LogP contribution is 2.46. The third-order valence-corrected chi connectivity index (χ3v) is 6.65. The zero-order valence-electron chi connectivity index (χ0n) is 17.2. The molecule has 0 spiro atoms. The lowest BCUT2D eigenvalue weighted by Crippen LogP contribution is -2.39. The summed E-state index contributed by atoms with van der Waals surface area (Å²) < 4.78 is 5.38. The average molecular weight is 394 g/mol. The maximum atomic E-state index is 12.3. The van der Waals surface area contributed by atoms with Crippen molar-refractivity contribution in [3.63, 3.8) is 0 Å². The van der Waals surface area contributed by atoms with Gasteiger partial charge in [0.25, 0.3) is 0 Å². The zero-order chi connectivity index (χ0) is 20.3. The van der Waals surface area contributed by atoms with Gasteiger partial charge in [-0.15, -0.1) is 0 Å². The predicted molar refractivity (Wildman–Crippen MR) is 115 cm³/mol. The number of nitrogens with zero attached hydrogens (tertiary/aromatic N) is 2. The molecule has 2 atom stereocenters. The SMILES string of the molecule is COc1cccc(CN2CC3CN(C(=O)CN)CC3(CCc3ccccc3)C2)c1. The first-order valence-corrected chi connectivity index (χ1v) is 10.5. The Morgan fingerprint density at radius 2 is 1.90 bits per heavy atom. The number of aryl methyl sites for hydroxylation is 1. The minimum atomic E-state index is 0.0813. The van der Waals surface area contributed by atoms with Crippen LogP contribution in [-0.4, -0.2) is 55.5 Å². The van der Waals surface area contributed by atoms with Gasteiger partial charge in [0.15, 0.2) is 0 Å². The van der Waals surface area contributed by atoms with Crippen LogP contribution in [0.2, 0.25) is 0 Å². The number of rotatable bonds is 7. The van der Waals surface area contributed by atoms with E-state index in [0.717, 1.165) is 51.3 Å². The van der Waals surface area contributed by atoms with Gasteiger partial charge in [0.1, 0.15) is 5.75 Å². The predicted octanol–water partition coefficient (Wildman–Crippen LogP) is 2.55. The molecule has 0 aliphatic carbocycles. The number of carbonyl (C=O) groups is 1. The first kappa shape index (κ1) is 19.9. The standard InChI is InChI=1S/C24H31N3O2/c1-29-22-9-5-8-20(12-22)14-26-15-21-16-27(23(28)13-25)18-24(21,17-26)11-10-19-6-3-2-4-7-19/h2-9,12,21H,10-11,13-18,25H2,1H3. The van der Waals surface area contributed by atoms with Crippen LogP contribution in [0.4, 0.5) is 0 Å². The van der Waals surface area contributed by atoms with Gasteiger partial charge in [0, 0.05) is 38.1 Å². The summed E-state index contributed by atoms with van der Waals surface area (Å²) in [6.07, 6.45) is 2.15. The van der Waals surface area contributed by atoms with E-state index < -0.39 is 0 Å². The van der Waals surface area contributed by atoms with E-state index >= 15 is 0 Å². The van der Waals surface area contributed by atoms with Gasteiger partial charge in [0.05, 0.1) is 13.7 Å². The van der Waals surface area contributed by atoms with Crippen LogP contribution < -0.4 is 10.5 Å². The highest BCUT2D eigenvalue weighted by Gasteiger charge is 2.52. The Balaban J connectivity index is 1.48. The van der Waals surface area contributed by atoms with Gasteiger partial charge in [-0.2, -0.15) is 0 Å². The molecule has 2 aliphatic rings. The Morgan fingerprint density at radius 1 is 1.10 bits per heavy atom. The number of amides is 1. The number of benzene rings is 2. The van der Waals surface area contributed by atoms with Gasteiger partial charge in [-0.3, -0.25) is 9.69 Å². The first-order valence-electron chi connectivity index (χ1n) is 10.5. The summed E-state index contributed by atoms with van der Waals surface area (Å²) in [5.74, 6) is 1.49. The second-order valence-electron chi connectivity index (χ2n) is 8.54. The van der Waals surface area contributed by atoms with E-state index in [-0.39, 0.29) is 17.9 Å². The van der Waals surface area contributed by atoms with Gasteiger partial charge < -0.3 is 15.4 Å². The molecule has 0 saturated carbocycles. The molecule has 2 aromatic rings. The highest BCUT2D eigenvalue weighted by atomic mass is 16.5. The van der Waals surface area contributed by atoms with E-state index in [2.05, 4.69) is 53.4 Å². The van der Waals surface area contributed by atoms with Crippen LogP contribution in [0.1, 0.15) is 17.5 Å². The topological polar surface area (TPSA) is 58.8 Å². The molecule has 0 bridgehead atoms. The lowest BCUT2D eigenvalue weighted by atomic mass is 9.76. The van der Waals surface area contributed by atoms with Gasteiger partial charge in [0.2, 0.25) is 5.91 Å². The molecule has 0 aromatic heterocycles. The Labute approximate surface area is 173 Å². The largest absolute Gasteiger partial charge is 0.497 e. The average Bonchev–Trinajstić information content (AvgIpc) is 3.26. The Morgan fingerprint density at radius 3 is 2.66 bits per heavy atom. The number of ether oxygens (including phenoxy) is 1. The van der Waals surface area contributed by atoms with Crippen LogP contribution >= 0.6 is 0 Å². The summed E-state index contributed by atoms with van der Waals surface area (Å²) in [4.78, 5) is 16.8. The molecule has 2 N–H and O–H groups in total. The molecule has 2 unspecified atom stereocenters. The van der Waals surface area contributed by atoms with E-state index in [0.29, 0.717) is 5.92 Å². The second-order valence-corrected chi connectivity index (χ2v) is 8.54. The smallest absolute Gasteiger partial charge is 0.236 e. The van der Waals surface area contributed by atoms with Crippen LogP contribution in [0.5, 0.6) is 5.75 Å². The number of methoxy groups -OCH3 is 1. The van der Waals surface area contributed by atoms with Crippen molar-refractivity contribution >= 4 is 5.91 Å². The Bertz CT molecular complexity index is 841. The van der Waals surface area contributed by atoms with E-state index in [1.807, 2.05) is 11.0 Å². The molecule has 0 radical (unpaired) electrons. The fraction of sp³-hybridized carbons (Fsp3) is 0.458. The quantitative estimate of drug-likeness (QED) is 0.785. The van der Waals surface area contributed by atoms with Crippen molar-refractivity contribution in [1.29, 1.82) is 0 Å². The molecule has 29 heavy (non-hydrogen) atoms. The van der Waals surface area contributed by atoms with Crippen molar-refractivity contribution in [2.45, 2.75) is 19.4 Å². The fourth-order valence-electron chi connectivity index (χ4n) is 5.15. The molecular formula is C24H31N3O2. The number of hydrogen-bond acceptors (Lipinski definition) is 4. The fourth-order valence-corrected chi connectivity index (χ4v) is 5.15. The summed E-state index contributed by atoms with van der Waals surface area (Å²) >= 11 is 0. The van der Waals surface area contributed by atoms with Crippen LogP contribution in [0.3, 0.4) is 0 Å². The van der Waals surface area contributed by atoms with Crippen LogP contribution in [-0.2, 0) is 17.8 Å². The van der Waals surface area contributed by atoms with E-state index in [9.17, 15) is 4.79 Å². The van der Waals surface area contributed by atoms with Gasteiger partial charge in [-0.05, 0) is 42.0 Å². The molecule has 5 heteroatoms. The van der Waals surface area contributed by atoms with Gasteiger partial charge >= 0.3 is 0 Å². The Hall–Kier alpha value is -2.37. The molecule has 1 amide bonds. The number of hydrogen-bond donors (Lipinski definition) is 1. The van der Waals surface area contributed by atoms with Crippen molar-refractivity contribution < 1.29 is 9.53 Å². The summed E-state index contributed by atoms with van der Waals surface area (Å²) in [5, 5.41) is 0. The second kappa shape index (κ2) is 8.56. The summed E-state index contributed by atoms with van der Waals surface area (Å²) in [6.45, 7) is 4.74. The molecule has 2 saturated heterocycles. The minimum absolute atomic E-state index is 0.0813. The summed E-state index contributed by atoms with van der Waals surface area (Å²) in [6, 6.07) is 19.0. The van der Waals surface area contributed by atoms with Crippen molar-refractivity contribution in [3.8, 4) is 5.75 Å². The number of carbonyl (C=O) groups excluding carboxylic acids is 1. The Kier molecular flexibility index (Phi) is 5.88. The molecule has 4 rings (SSSR count). The van der Waals surface area contributed by atoms with Crippen LogP contribution in [0, 0.1) is 11.3 Å². The van der Waals surface area contributed by atoms with Gasteiger partial charge in [-0.25, -0.2) is 0 Å².